The summed E-state index contributed by atoms with van der Waals surface area (Å²) in [7, 11) is -2.03. The van der Waals surface area contributed by atoms with Crippen LogP contribution in [0.4, 0.5) is 5.82 Å². The topological polar surface area (TPSA) is 133 Å². The number of thiazole rings is 1. The molecule has 1 fully saturated rings. The Morgan fingerprint density at radius 1 is 1.17 bits per heavy atom. The molecule has 1 aliphatic rings. The second-order valence-corrected chi connectivity index (χ2v) is 11.4. The number of rotatable bonds is 10. The maximum atomic E-state index is 13.0. The van der Waals surface area contributed by atoms with Gasteiger partial charge in [-0.05, 0) is 39.3 Å². The van der Waals surface area contributed by atoms with E-state index in [4.69, 9.17) is 14.2 Å². The third-order valence-electron chi connectivity index (χ3n) is 5.23. The zero-order valence-corrected chi connectivity index (χ0v) is 22.0. The van der Waals surface area contributed by atoms with Crippen LogP contribution < -0.4 is 14.8 Å². The number of carbonyl (C=O) groups excluding carboxylic acids is 1. The SMILES string of the molecule is COC[C@H](C)Oc1cc(Oc2nc(C)c(S(=O)(=O)N3CCC3)s2)cc(C(=O)Nc2cnc(C)cn2)c1. The second kappa shape index (κ2) is 10.9. The summed E-state index contributed by atoms with van der Waals surface area (Å²) < 4.78 is 44.1. The molecule has 1 saturated heterocycles. The summed E-state index contributed by atoms with van der Waals surface area (Å²) in [6, 6.07) is 4.70. The van der Waals surface area contributed by atoms with Crippen LogP contribution in [0.5, 0.6) is 16.7 Å². The van der Waals surface area contributed by atoms with Gasteiger partial charge in [-0.25, -0.2) is 18.4 Å². The highest BCUT2D eigenvalue weighted by Gasteiger charge is 2.33. The maximum absolute atomic E-state index is 13.0. The fourth-order valence-corrected chi connectivity index (χ4v) is 6.38. The highest BCUT2D eigenvalue weighted by Crippen LogP contribution is 2.36. The second-order valence-electron chi connectivity index (χ2n) is 8.29. The van der Waals surface area contributed by atoms with E-state index in [1.165, 1.54) is 16.6 Å². The fraction of sp³-hybridized carbons (Fsp3) is 0.391. The molecule has 2 aromatic heterocycles. The van der Waals surface area contributed by atoms with E-state index < -0.39 is 15.9 Å². The molecular formula is C23H27N5O6S2. The molecule has 13 heteroatoms. The predicted octanol–water partition coefficient (Wildman–Crippen LogP) is 3.40. The predicted molar refractivity (Wildman–Crippen MR) is 133 cm³/mol. The van der Waals surface area contributed by atoms with Crippen molar-refractivity contribution >= 4 is 33.1 Å². The number of amides is 1. The number of nitrogens with zero attached hydrogens (tertiary/aromatic N) is 4. The van der Waals surface area contributed by atoms with Gasteiger partial charge in [0.05, 0.1) is 30.4 Å². The Balaban J connectivity index is 1.61. The van der Waals surface area contributed by atoms with Crippen molar-refractivity contribution in [3.8, 4) is 16.7 Å². The Morgan fingerprint density at radius 3 is 2.56 bits per heavy atom. The molecule has 4 rings (SSSR count). The van der Waals surface area contributed by atoms with Crippen molar-refractivity contribution in [2.24, 2.45) is 0 Å². The first-order chi connectivity index (χ1) is 17.2. The number of hydrogen-bond donors (Lipinski definition) is 1. The van der Waals surface area contributed by atoms with Gasteiger partial charge in [-0.3, -0.25) is 9.78 Å². The number of ether oxygens (including phenoxy) is 3. The summed E-state index contributed by atoms with van der Waals surface area (Å²) >= 11 is 0.942. The Morgan fingerprint density at radius 2 is 1.92 bits per heavy atom. The van der Waals surface area contributed by atoms with E-state index in [1.54, 1.807) is 39.3 Å². The minimum absolute atomic E-state index is 0.143. The minimum atomic E-state index is -3.60. The summed E-state index contributed by atoms with van der Waals surface area (Å²) in [5.41, 5.74) is 1.33. The molecule has 1 aromatic carbocycles. The lowest BCUT2D eigenvalue weighted by atomic mass is 10.2. The van der Waals surface area contributed by atoms with Crippen LogP contribution in [0.25, 0.3) is 0 Å². The zero-order valence-electron chi connectivity index (χ0n) is 20.3. The molecule has 3 heterocycles. The zero-order chi connectivity index (χ0) is 25.9. The van der Waals surface area contributed by atoms with Gasteiger partial charge in [0.15, 0.2) is 10.0 Å². The highest BCUT2D eigenvalue weighted by atomic mass is 32.2. The van der Waals surface area contributed by atoms with Crippen molar-refractivity contribution in [1.82, 2.24) is 19.3 Å². The number of aromatic nitrogens is 3. The smallest absolute Gasteiger partial charge is 0.280 e. The van der Waals surface area contributed by atoms with Gasteiger partial charge in [-0.15, -0.1) is 0 Å². The Bertz CT molecular complexity index is 1340. The number of sulfonamides is 1. The number of anilines is 1. The van der Waals surface area contributed by atoms with Gasteiger partial charge in [0.25, 0.3) is 21.1 Å². The summed E-state index contributed by atoms with van der Waals surface area (Å²) in [6.45, 7) is 6.59. The van der Waals surface area contributed by atoms with Crippen molar-refractivity contribution < 1.29 is 27.4 Å². The fourth-order valence-electron chi connectivity index (χ4n) is 3.36. The molecule has 0 radical (unpaired) electrons. The molecule has 11 nitrogen and oxygen atoms in total. The standard InChI is InChI=1S/C23H27N5O6S2/c1-14-11-25-20(12-24-14)27-21(29)17-8-18(33-15(2)13-32-4)10-19(9-17)34-23-26-16(3)22(35-23)36(30,31)28-6-5-7-28/h8-12,15H,5-7,13H2,1-4H3,(H,25,27,29)/t15-/m0/s1. The molecule has 0 unspecified atom stereocenters. The largest absolute Gasteiger partial charge is 0.488 e. The average molecular weight is 534 g/mol. The third-order valence-corrected chi connectivity index (χ3v) is 8.75. The van der Waals surface area contributed by atoms with Crippen LogP contribution in [0.15, 0.2) is 34.8 Å². The Hall–Kier alpha value is -3.13. The van der Waals surface area contributed by atoms with Crippen LogP contribution in [0.1, 0.15) is 35.1 Å². The molecule has 3 aromatic rings. The third kappa shape index (κ3) is 5.98. The minimum Gasteiger partial charge on any atom is -0.488 e. The van der Waals surface area contributed by atoms with Crippen LogP contribution >= 0.6 is 11.3 Å². The van der Waals surface area contributed by atoms with E-state index in [-0.39, 0.29) is 26.8 Å². The first kappa shape index (κ1) is 25.9. The molecule has 0 aliphatic carbocycles. The lowest BCUT2D eigenvalue weighted by molar-refractivity contribution is 0.0915. The van der Waals surface area contributed by atoms with Gasteiger partial charge in [-0.2, -0.15) is 4.31 Å². The molecule has 1 atom stereocenters. The van der Waals surface area contributed by atoms with Gasteiger partial charge in [-0.1, -0.05) is 11.3 Å². The Labute approximate surface area is 213 Å². The number of hydrogen-bond acceptors (Lipinski definition) is 10. The summed E-state index contributed by atoms with van der Waals surface area (Å²) in [5.74, 6) is 0.487. The summed E-state index contributed by atoms with van der Waals surface area (Å²) in [6.07, 6.45) is 3.56. The summed E-state index contributed by atoms with van der Waals surface area (Å²) in [4.78, 5) is 25.5. The molecule has 0 spiro atoms. The average Bonchev–Trinajstić information content (AvgIpc) is 3.14. The van der Waals surface area contributed by atoms with Crippen molar-refractivity contribution in [2.75, 3.05) is 32.1 Å². The molecule has 192 valence electrons. The van der Waals surface area contributed by atoms with Gasteiger partial charge >= 0.3 is 0 Å². The van der Waals surface area contributed by atoms with E-state index >= 15 is 0 Å². The molecule has 1 amide bonds. The van der Waals surface area contributed by atoms with Gasteiger partial charge < -0.3 is 19.5 Å². The molecule has 0 bridgehead atoms. The maximum Gasteiger partial charge on any atom is 0.280 e. The molecular weight excluding hydrogens is 506 g/mol. The lowest BCUT2D eigenvalue weighted by Gasteiger charge is -2.28. The van der Waals surface area contributed by atoms with Crippen LogP contribution in [0.2, 0.25) is 0 Å². The monoisotopic (exact) mass is 533 g/mol. The van der Waals surface area contributed by atoms with Crippen LogP contribution in [0.3, 0.4) is 0 Å². The Kier molecular flexibility index (Phi) is 7.83. The molecule has 0 saturated carbocycles. The van der Waals surface area contributed by atoms with E-state index in [2.05, 4.69) is 20.3 Å². The van der Waals surface area contributed by atoms with E-state index in [1.807, 2.05) is 6.92 Å². The van der Waals surface area contributed by atoms with Crippen molar-refractivity contribution in [1.29, 1.82) is 0 Å². The molecule has 1 aliphatic heterocycles. The number of aryl methyl sites for hydroxylation is 2. The van der Waals surface area contributed by atoms with Gasteiger partial charge in [0.1, 0.15) is 17.6 Å². The van der Waals surface area contributed by atoms with Crippen molar-refractivity contribution in [3.63, 3.8) is 0 Å². The molecule has 1 N–H and O–H groups in total. The van der Waals surface area contributed by atoms with E-state index in [0.717, 1.165) is 23.5 Å². The van der Waals surface area contributed by atoms with E-state index in [9.17, 15) is 13.2 Å². The van der Waals surface area contributed by atoms with Crippen LogP contribution in [0, 0.1) is 13.8 Å². The number of carbonyl (C=O) groups is 1. The first-order valence-electron chi connectivity index (χ1n) is 11.2. The number of nitrogens with one attached hydrogen (secondary N) is 1. The lowest BCUT2D eigenvalue weighted by Crippen LogP contribution is -2.41. The van der Waals surface area contributed by atoms with Crippen LogP contribution in [-0.4, -0.2) is 66.5 Å². The number of methoxy groups -OCH3 is 1. The number of benzene rings is 1. The first-order valence-corrected chi connectivity index (χ1v) is 13.5. The summed E-state index contributed by atoms with van der Waals surface area (Å²) in [5, 5.41) is 2.84. The van der Waals surface area contributed by atoms with Gasteiger partial charge in [0, 0.05) is 31.8 Å². The van der Waals surface area contributed by atoms with Crippen molar-refractivity contribution in [3.05, 3.63) is 47.5 Å². The molecule has 36 heavy (non-hydrogen) atoms. The van der Waals surface area contributed by atoms with Crippen molar-refractivity contribution in [2.45, 2.75) is 37.5 Å². The normalized spacial score (nSPS) is 14.7. The quantitative estimate of drug-likeness (QED) is 0.416. The van der Waals surface area contributed by atoms with E-state index in [0.29, 0.717) is 37.0 Å². The van der Waals surface area contributed by atoms with Crippen LogP contribution in [-0.2, 0) is 14.8 Å². The highest BCUT2D eigenvalue weighted by molar-refractivity contribution is 7.91. The van der Waals surface area contributed by atoms with Gasteiger partial charge in [0.2, 0.25) is 0 Å².